The van der Waals surface area contributed by atoms with E-state index in [1.165, 1.54) is 0 Å². The van der Waals surface area contributed by atoms with Crippen molar-refractivity contribution >= 4 is 29.1 Å². The van der Waals surface area contributed by atoms with Gasteiger partial charge in [0, 0.05) is 22.2 Å². The number of benzene rings is 2. The molecular formula is C17H13Cl2N3O. The molecule has 2 aromatic carbocycles. The summed E-state index contributed by atoms with van der Waals surface area (Å²) in [5.74, 6) is -0.224. The third-order valence-corrected chi connectivity index (χ3v) is 3.79. The summed E-state index contributed by atoms with van der Waals surface area (Å²) < 4.78 is 0. The fraction of sp³-hybridized carbons (Fsp3) is 0.0588. The van der Waals surface area contributed by atoms with E-state index in [4.69, 9.17) is 23.2 Å². The maximum atomic E-state index is 12.2. The Morgan fingerprint density at radius 3 is 2.57 bits per heavy atom. The number of aromatic amines is 1. The van der Waals surface area contributed by atoms with Crippen LogP contribution in [0.1, 0.15) is 16.1 Å². The van der Waals surface area contributed by atoms with E-state index in [1.807, 2.05) is 30.3 Å². The van der Waals surface area contributed by atoms with Crippen LogP contribution in [0.15, 0.2) is 54.6 Å². The average Bonchev–Trinajstić information content (AvgIpc) is 3.03. The van der Waals surface area contributed by atoms with E-state index in [-0.39, 0.29) is 5.91 Å². The van der Waals surface area contributed by atoms with Gasteiger partial charge in [0.25, 0.3) is 5.91 Å². The Kier molecular flexibility index (Phi) is 4.65. The maximum absolute atomic E-state index is 12.2. The molecule has 0 aliphatic carbocycles. The van der Waals surface area contributed by atoms with Crippen LogP contribution in [0.4, 0.5) is 0 Å². The molecule has 23 heavy (non-hydrogen) atoms. The highest BCUT2D eigenvalue weighted by Gasteiger charge is 2.11. The minimum Gasteiger partial charge on any atom is -0.347 e. The van der Waals surface area contributed by atoms with Crippen LogP contribution in [0.5, 0.6) is 0 Å². The third kappa shape index (κ3) is 3.92. The van der Waals surface area contributed by atoms with Crippen molar-refractivity contribution in [3.8, 4) is 11.3 Å². The molecule has 0 spiro atoms. The largest absolute Gasteiger partial charge is 0.347 e. The second-order valence-corrected chi connectivity index (χ2v) is 5.86. The van der Waals surface area contributed by atoms with Crippen LogP contribution in [0, 0.1) is 0 Å². The second kappa shape index (κ2) is 6.86. The molecule has 0 unspecified atom stereocenters. The summed E-state index contributed by atoms with van der Waals surface area (Å²) >= 11 is 11.8. The van der Waals surface area contributed by atoms with Crippen LogP contribution in [-0.2, 0) is 6.54 Å². The summed E-state index contributed by atoms with van der Waals surface area (Å²) in [6, 6.07) is 16.3. The molecule has 0 bridgehead atoms. The van der Waals surface area contributed by atoms with Gasteiger partial charge in [-0.1, -0.05) is 47.5 Å². The van der Waals surface area contributed by atoms with Gasteiger partial charge in [0.1, 0.15) is 5.69 Å². The summed E-state index contributed by atoms with van der Waals surface area (Å²) in [4.78, 5) is 12.2. The first kappa shape index (κ1) is 15.6. The van der Waals surface area contributed by atoms with Gasteiger partial charge in [-0.2, -0.15) is 5.10 Å². The monoisotopic (exact) mass is 345 g/mol. The molecule has 0 aliphatic heterocycles. The first-order chi connectivity index (χ1) is 11.1. The lowest BCUT2D eigenvalue weighted by molar-refractivity contribution is 0.0946. The van der Waals surface area contributed by atoms with Crippen molar-refractivity contribution in [2.24, 2.45) is 0 Å². The molecule has 0 saturated carbocycles. The van der Waals surface area contributed by atoms with E-state index < -0.39 is 0 Å². The van der Waals surface area contributed by atoms with Gasteiger partial charge in [-0.25, -0.2) is 0 Å². The molecule has 6 heteroatoms. The number of aromatic nitrogens is 2. The number of carbonyl (C=O) groups is 1. The smallest absolute Gasteiger partial charge is 0.269 e. The Morgan fingerprint density at radius 2 is 1.83 bits per heavy atom. The lowest BCUT2D eigenvalue weighted by atomic mass is 10.1. The molecule has 3 rings (SSSR count). The van der Waals surface area contributed by atoms with Crippen molar-refractivity contribution in [2.75, 3.05) is 0 Å². The molecular weight excluding hydrogens is 333 g/mol. The van der Waals surface area contributed by atoms with Crippen molar-refractivity contribution in [3.05, 3.63) is 75.9 Å². The molecule has 0 saturated heterocycles. The number of rotatable bonds is 4. The van der Waals surface area contributed by atoms with Crippen LogP contribution in [0.25, 0.3) is 11.3 Å². The van der Waals surface area contributed by atoms with Crippen molar-refractivity contribution < 1.29 is 4.79 Å². The number of hydrogen-bond donors (Lipinski definition) is 2. The van der Waals surface area contributed by atoms with Crippen molar-refractivity contribution in [2.45, 2.75) is 6.54 Å². The summed E-state index contributed by atoms with van der Waals surface area (Å²) in [7, 11) is 0. The molecule has 1 amide bonds. The molecule has 2 N–H and O–H groups in total. The Morgan fingerprint density at radius 1 is 1.04 bits per heavy atom. The summed E-state index contributed by atoms with van der Waals surface area (Å²) in [5, 5.41) is 11.0. The van der Waals surface area contributed by atoms with Gasteiger partial charge in [-0.15, -0.1) is 0 Å². The van der Waals surface area contributed by atoms with Crippen molar-refractivity contribution in [1.82, 2.24) is 15.5 Å². The fourth-order valence-electron chi connectivity index (χ4n) is 2.13. The SMILES string of the molecule is O=C(NCc1cccc(Cl)c1)c1cc(-c2ccc(Cl)cc2)n[nH]1. The van der Waals surface area contributed by atoms with E-state index in [0.717, 1.165) is 11.1 Å². The molecule has 3 aromatic rings. The number of nitrogens with one attached hydrogen (secondary N) is 2. The number of H-pyrrole nitrogens is 1. The average molecular weight is 346 g/mol. The van der Waals surface area contributed by atoms with E-state index in [1.54, 1.807) is 24.3 Å². The van der Waals surface area contributed by atoms with E-state index in [0.29, 0.717) is 28.0 Å². The number of carbonyl (C=O) groups excluding carboxylic acids is 1. The highest BCUT2D eigenvalue weighted by atomic mass is 35.5. The Balaban J connectivity index is 1.67. The highest BCUT2D eigenvalue weighted by Crippen LogP contribution is 2.20. The highest BCUT2D eigenvalue weighted by molar-refractivity contribution is 6.30. The first-order valence-corrected chi connectivity index (χ1v) is 7.71. The summed E-state index contributed by atoms with van der Waals surface area (Å²) in [5.41, 5.74) is 2.91. The third-order valence-electron chi connectivity index (χ3n) is 3.30. The lowest BCUT2D eigenvalue weighted by Gasteiger charge is -2.03. The van der Waals surface area contributed by atoms with Crippen LogP contribution in [0.2, 0.25) is 10.0 Å². The van der Waals surface area contributed by atoms with Crippen LogP contribution in [-0.4, -0.2) is 16.1 Å². The topological polar surface area (TPSA) is 57.8 Å². The maximum Gasteiger partial charge on any atom is 0.269 e. The molecule has 1 heterocycles. The normalized spacial score (nSPS) is 10.5. The molecule has 4 nitrogen and oxygen atoms in total. The van der Waals surface area contributed by atoms with Crippen LogP contribution < -0.4 is 5.32 Å². The Labute approximate surface area is 143 Å². The van der Waals surface area contributed by atoms with E-state index in [9.17, 15) is 4.79 Å². The molecule has 0 radical (unpaired) electrons. The lowest BCUT2D eigenvalue weighted by Crippen LogP contribution is -2.23. The van der Waals surface area contributed by atoms with Gasteiger partial charge in [0.05, 0.1) is 5.69 Å². The minimum absolute atomic E-state index is 0.224. The number of halogens is 2. The van der Waals surface area contributed by atoms with Gasteiger partial charge in [-0.3, -0.25) is 9.89 Å². The van der Waals surface area contributed by atoms with Gasteiger partial charge in [0.2, 0.25) is 0 Å². The Bertz CT molecular complexity index is 828. The van der Waals surface area contributed by atoms with Crippen molar-refractivity contribution in [3.63, 3.8) is 0 Å². The van der Waals surface area contributed by atoms with Gasteiger partial charge >= 0.3 is 0 Å². The van der Waals surface area contributed by atoms with Crippen molar-refractivity contribution in [1.29, 1.82) is 0 Å². The molecule has 0 aliphatic rings. The predicted octanol–water partition coefficient (Wildman–Crippen LogP) is 4.31. The quantitative estimate of drug-likeness (QED) is 0.739. The zero-order valence-corrected chi connectivity index (χ0v) is 13.5. The summed E-state index contributed by atoms with van der Waals surface area (Å²) in [6.07, 6.45) is 0. The summed E-state index contributed by atoms with van der Waals surface area (Å²) in [6.45, 7) is 0.398. The Hall–Kier alpha value is -2.30. The van der Waals surface area contributed by atoms with Crippen LogP contribution >= 0.6 is 23.2 Å². The minimum atomic E-state index is -0.224. The standard InChI is InChI=1S/C17H13Cl2N3O/c18-13-6-4-12(5-7-13)15-9-16(22-21-15)17(23)20-10-11-2-1-3-14(19)8-11/h1-9H,10H2,(H,20,23)(H,21,22). The molecule has 0 atom stereocenters. The number of nitrogens with zero attached hydrogens (tertiary/aromatic N) is 1. The first-order valence-electron chi connectivity index (χ1n) is 6.96. The predicted molar refractivity (Wildman–Crippen MR) is 91.7 cm³/mol. The molecule has 116 valence electrons. The molecule has 1 aromatic heterocycles. The second-order valence-electron chi connectivity index (χ2n) is 4.99. The fourth-order valence-corrected chi connectivity index (χ4v) is 2.47. The zero-order chi connectivity index (χ0) is 16.2. The molecule has 0 fully saturated rings. The number of amides is 1. The van der Waals surface area contributed by atoms with Gasteiger partial charge in [0.15, 0.2) is 0 Å². The number of hydrogen-bond acceptors (Lipinski definition) is 2. The van der Waals surface area contributed by atoms with E-state index in [2.05, 4.69) is 15.5 Å². The van der Waals surface area contributed by atoms with Gasteiger partial charge in [-0.05, 0) is 35.9 Å². The van der Waals surface area contributed by atoms with Crippen LogP contribution in [0.3, 0.4) is 0 Å². The van der Waals surface area contributed by atoms with Gasteiger partial charge < -0.3 is 5.32 Å². The zero-order valence-electron chi connectivity index (χ0n) is 12.0. The van der Waals surface area contributed by atoms with E-state index >= 15 is 0 Å².